The molecule has 0 radical (unpaired) electrons. The quantitative estimate of drug-likeness (QED) is 0.287. The van der Waals surface area contributed by atoms with Crippen molar-refractivity contribution in [2.75, 3.05) is 12.3 Å². The number of nitrogens with zero attached hydrogens (tertiary/aromatic N) is 3. The number of nitrogens with two attached hydrogens (primary N) is 1. The summed E-state index contributed by atoms with van der Waals surface area (Å²) in [6.07, 6.45) is -1.16. The maximum atomic E-state index is 12.8. The molecule has 1 fully saturated rings. The van der Waals surface area contributed by atoms with Gasteiger partial charge >= 0.3 is 0 Å². The third-order valence-corrected chi connectivity index (χ3v) is 6.08. The van der Waals surface area contributed by atoms with Gasteiger partial charge in [-0.15, -0.1) is 0 Å². The average Bonchev–Trinajstić information content (AvgIpc) is 3.33. The van der Waals surface area contributed by atoms with Gasteiger partial charge in [0.1, 0.15) is 12.3 Å². The van der Waals surface area contributed by atoms with Crippen LogP contribution in [0.15, 0.2) is 35.3 Å². The second-order valence-corrected chi connectivity index (χ2v) is 9.70. The fourth-order valence-corrected chi connectivity index (χ4v) is 4.48. The molecule has 1 aliphatic rings. The van der Waals surface area contributed by atoms with Crippen LogP contribution in [0.2, 0.25) is 0 Å². The van der Waals surface area contributed by atoms with Gasteiger partial charge in [-0.3, -0.25) is 19.9 Å². The van der Waals surface area contributed by atoms with E-state index in [0.29, 0.717) is 11.1 Å². The number of para-hydroxylation sites is 1. The van der Waals surface area contributed by atoms with Crippen LogP contribution in [0.4, 0.5) is 11.6 Å². The zero-order valence-corrected chi connectivity index (χ0v) is 19.7. The monoisotopic (exact) mass is 487 g/mol. The average molecular weight is 488 g/mol. The number of aliphatic hydroxyl groups excluding tert-OH is 2. The number of hydrogen-bond acceptors (Lipinski definition) is 9. The minimum Gasteiger partial charge on any atom is -0.394 e. The van der Waals surface area contributed by atoms with Gasteiger partial charge in [0.2, 0.25) is 5.95 Å². The maximum absolute atomic E-state index is 12.8. The molecule has 2 aromatic heterocycles. The highest BCUT2D eigenvalue weighted by atomic mass is 16.6. The lowest BCUT2D eigenvalue weighted by Crippen LogP contribution is -2.24. The first-order valence-corrected chi connectivity index (χ1v) is 11.2. The third-order valence-electron chi connectivity index (χ3n) is 6.08. The van der Waals surface area contributed by atoms with Gasteiger partial charge in [0.25, 0.3) is 11.2 Å². The molecule has 0 saturated carbocycles. The zero-order valence-electron chi connectivity index (χ0n) is 19.7. The predicted octanol–water partition coefficient (Wildman–Crippen LogP) is 2.16. The standard InChI is InChI=1S/C23H29N5O7/c1-23(2,3)19(13-6-4-5-7-14(13)28(32)33)34-11-12-9-27(17-8-15(30)16(10-29)35-17)20-18(12)21(31)26-22(24)25-20/h4-7,9,15-17,19,29-30H,8,10-11H2,1-3H3,(H3,24,25,26,31)/t15-,16-,17-,19?/m1/s1. The van der Waals surface area contributed by atoms with E-state index in [4.69, 9.17) is 15.2 Å². The largest absolute Gasteiger partial charge is 0.394 e. The summed E-state index contributed by atoms with van der Waals surface area (Å²) in [5, 5.41) is 31.5. The number of nitro groups is 1. The Labute approximate surface area is 200 Å². The fourth-order valence-electron chi connectivity index (χ4n) is 4.48. The van der Waals surface area contributed by atoms with E-state index in [9.17, 15) is 25.1 Å². The van der Waals surface area contributed by atoms with Crippen molar-refractivity contribution in [1.29, 1.82) is 0 Å². The van der Waals surface area contributed by atoms with Gasteiger partial charge < -0.3 is 30.0 Å². The Bertz CT molecular complexity index is 1300. The van der Waals surface area contributed by atoms with Crippen LogP contribution in [-0.2, 0) is 16.1 Å². The van der Waals surface area contributed by atoms with Crippen LogP contribution in [0.3, 0.4) is 0 Å². The molecule has 1 aliphatic heterocycles. The van der Waals surface area contributed by atoms with Crippen LogP contribution < -0.4 is 11.3 Å². The number of aliphatic hydroxyl groups is 2. The molecule has 4 rings (SSSR count). The van der Waals surface area contributed by atoms with E-state index in [1.807, 2.05) is 20.8 Å². The number of H-pyrrole nitrogens is 1. The second kappa shape index (κ2) is 9.38. The highest BCUT2D eigenvalue weighted by Crippen LogP contribution is 2.41. The first kappa shape index (κ1) is 24.8. The molecule has 1 aromatic carbocycles. The number of rotatable bonds is 7. The molecule has 12 heteroatoms. The summed E-state index contributed by atoms with van der Waals surface area (Å²) >= 11 is 0. The summed E-state index contributed by atoms with van der Waals surface area (Å²) < 4.78 is 13.6. The highest BCUT2D eigenvalue weighted by Gasteiger charge is 2.36. The van der Waals surface area contributed by atoms with Crippen LogP contribution in [0.25, 0.3) is 11.0 Å². The van der Waals surface area contributed by atoms with Crippen molar-refractivity contribution in [3.63, 3.8) is 0 Å². The smallest absolute Gasteiger partial charge is 0.275 e. The Morgan fingerprint density at radius 1 is 1.40 bits per heavy atom. The Morgan fingerprint density at radius 3 is 2.74 bits per heavy atom. The number of anilines is 1. The molecule has 1 unspecified atom stereocenters. The molecule has 5 N–H and O–H groups in total. The number of nitrogen functional groups attached to an aromatic ring is 1. The minimum atomic E-state index is -0.884. The molecular weight excluding hydrogens is 458 g/mol. The second-order valence-electron chi connectivity index (χ2n) is 9.70. The summed E-state index contributed by atoms with van der Waals surface area (Å²) in [7, 11) is 0. The van der Waals surface area contributed by atoms with Crippen molar-refractivity contribution in [1.82, 2.24) is 14.5 Å². The minimum absolute atomic E-state index is 0.0504. The van der Waals surface area contributed by atoms with Crippen LogP contribution in [0.1, 0.15) is 50.7 Å². The van der Waals surface area contributed by atoms with Gasteiger partial charge in [-0.1, -0.05) is 32.9 Å². The molecule has 1 saturated heterocycles. The number of hydrogen-bond donors (Lipinski definition) is 4. The maximum Gasteiger partial charge on any atom is 0.275 e. The molecule has 3 aromatic rings. The molecular formula is C23H29N5O7. The number of aromatic amines is 1. The molecule has 0 amide bonds. The van der Waals surface area contributed by atoms with Crippen LogP contribution in [0, 0.1) is 15.5 Å². The SMILES string of the molecule is CC(C)(C)C(OCc1cn([C@H]2C[C@@H](O)[C@@H](CO)O2)c2nc(N)[nH]c(=O)c12)c1ccccc1[N+](=O)[O-]. The molecule has 188 valence electrons. The number of benzene rings is 1. The summed E-state index contributed by atoms with van der Waals surface area (Å²) in [6.45, 7) is 5.33. The van der Waals surface area contributed by atoms with E-state index in [1.165, 1.54) is 6.07 Å². The number of aromatic nitrogens is 3. The van der Waals surface area contributed by atoms with Crippen molar-refractivity contribution in [2.24, 2.45) is 5.41 Å². The van der Waals surface area contributed by atoms with E-state index in [-0.39, 0.29) is 42.3 Å². The van der Waals surface area contributed by atoms with Crippen molar-refractivity contribution < 1.29 is 24.6 Å². The summed E-state index contributed by atoms with van der Waals surface area (Å²) in [5.41, 5.74) is 5.90. The first-order valence-electron chi connectivity index (χ1n) is 11.2. The first-order chi connectivity index (χ1) is 16.5. The van der Waals surface area contributed by atoms with Gasteiger partial charge in [0.05, 0.1) is 41.3 Å². The van der Waals surface area contributed by atoms with Gasteiger partial charge in [-0.25, -0.2) is 0 Å². The molecule has 4 atom stereocenters. The Morgan fingerprint density at radius 2 is 2.11 bits per heavy atom. The lowest BCUT2D eigenvalue weighted by Gasteiger charge is -2.30. The normalized spacial score (nSPS) is 21.5. The van der Waals surface area contributed by atoms with Crippen molar-refractivity contribution >= 4 is 22.7 Å². The van der Waals surface area contributed by atoms with Gasteiger partial charge in [-0.2, -0.15) is 4.98 Å². The van der Waals surface area contributed by atoms with Crippen LogP contribution in [-0.4, -0.2) is 48.5 Å². The Balaban J connectivity index is 1.74. The molecule has 35 heavy (non-hydrogen) atoms. The Hall–Kier alpha value is -3.32. The van der Waals surface area contributed by atoms with Crippen molar-refractivity contribution in [2.45, 2.75) is 58.3 Å². The summed E-state index contributed by atoms with van der Waals surface area (Å²) in [4.78, 5) is 30.8. The Kier molecular flexibility index (Phi) is 6.64. The summed E-state index contributed by atoms with van der Waals surface area (Å²) in [5.74, 6) is -0.0842. The lowest BCUT2D eigenvalue weighted by molar-refractivity contribution is -0.386. The molecule has 12 nitrogen and oxygen atoms in total. The van der Waals surface area contributed by atoms with Crippen molar-refractivity contribution in [3.05, 3.63) is 62.1 Å². The van der Waals surface area contributed by atoms with E-state index < -0.39 is 40.4 Å². The fraction of sp³-hybridized carbons (Fsp3) is 0.478. The molecule has 0 bridgehead atoms. The topological polar surface area (TPSA) is 179 Å². The van der Waals surface area contributed by atoms with Gasteiger partial charge in [0.15, 0.2) is 5.65 Å². The van der Waals surface area contributed by atoms with E-state index in [0.717, 1.165) is 0 Å². The molecule has 0 aliphatic carbocycles. The number of nitro benzene ring substituents is 1. The van der Waals surface area contributed by atoms with E-state index in [1.54, 1.807) is 29.0 Å². The highest BCUT2D eigenvalue weighted by molar-refractivity contribution is 5.80. The molecule has 0 spiro atoms. The van der Waals surface area contributed by atoms with E-state index in [2.05, 4.69) is 9.97 Å². The van der Waals surface area contributed by atoms with Crippen LogP contribution >= 0.6 is 0 Å². The van der Waals surface area contributed by atoms with Gasteiger partial charge in [-0.05, 0) is 11.5 Å². The number of fused-ring (bicyclic) bond motifs is 1. The molecule has 3 heterocycles. The number of ether oxygens (including phenoxy) is 2. The van der Waals surface area contributed by atoms with Gasteiger partial charge in [0, 0.05) is 24.2 Å². The number of nitrogens with one attached hydrogen (secondary N) is 1. The lowest BCUT2D eigenvalue weighted by atomic mass is 9.84. The van der Waals surface area contributed by atoms with E-state index >= 15 is 0 Å². The third kappa shape index (κ3) is 4.78. The van der Waals surface area contributed by atoms with Crippen LogP contribution in [0.5, 0.6) is 0 Å². The predicted molar refractivity (Wildman–Crippen MR) is 126 cm³/mol. The summed E-state index contributed by atoms with van der Waals surface area (Å²) in [6, 6.07) is 6.41. The zero-order chi connectivity index (χ0) is 25.5. The van der Waals surface area contributed by atoms with Crippen molar-refractivity contribution in [3.8, 4) is 0 Å².